The fraction of sp³-hybridized carbons (Fsp3) is 0.625. The van der Waals surface area contributed by atoms with E-state index in [-0.39, 0.29) is 0 Å². The van der Waals surface area contributed by atoms with E-state index < -0.39 is 0 Å². The normalized spacial score (nSPS) is 11.3. The molecule has 0 unspecified atom stereocenters. The highest BCUT2D eigenvalue weighted by molar-refractivity contribution is 9.10. The molecular formula is C16H26BrNO. The smallest absolute Gasteiger partial charge is 0.123 e. The van der Waals surface area contributed by atoms with Gasteiger partial charge in [0, 0.05) is 22.6 Å². The summed E-state index contributed by atoms with van der Waals surface area (Å²) >= 11 is 3.54. The van der Waals surface area contributed by atoms with Gasteiger partial charge in [-0.1, -0.05) is 35.7 Å². The van der Waals surface area contributed by atoms with Crippen molar-refractivity contribution in [1.82, 2.24) is 4.90 Å². The predicted molar refractivity (Wildman–Crippen MR) is 85.8 cm³/mol. The minimum atomic E-state index is 0.556. The standard InChI is InChI=1S/C16H26BrNO/c1-5-6-7-10-18(13(2)3)12-14-11-15(17)8-9-16(14)19-4/h8-9,11,13H,5-7,10,12H2,1-4H3. The zero-order valence-electron chi connectivity index (χ0n) is 12.6. The first-order valence-electron chi connectivity index (χ1n) is 7.15. The Morgan fingerprint density at radius 1 is 1.26 bits per heavy atom. The van der Waals surface area contributed by atoms with Crippen LogP contribution >= 0.6 is 15.9 Å². The van der Waals surface area contributed by atoms with Crippen molar-refractivity contribution in [3.8, 4) is 5.75 Å². The molecule has 0 aliphatic carbocycles. The SMILES string of the molecule is CCCCCN(Cc1cc(Br)ccc1OC)C(C)C. The highest BCUT2D eigenvalue weighted by Crippen LogP contribution is 2.25. The number of halogens is 1. The molecule has 0 aliphatic heterocycles. The molecule has 0 saturated heterocycles. The van der Waals surface area contributed by atoms with E-state index in [1.54, 1.807) is 7.11 Å². The fourth-order valence-electron chi connectivity index (χ4n) is 2.17. The van der Waals surface area contributed by atoms with Crippen LogP contribution < -0.4 is 4.74 Å². The molecule has 0 fully saturated rings. The van der Waals surface area contributed by atoms with Crippen molar-refractivity contribution in [2.45, 2.75) is 52.6 Å². The van der Waals surface area contributed by atoms with E-state index in [9.17, 15) is 0 Å². The van der Waals surface area contributed by atoms with E-state index in [0.29, 0.717) is 6.04 Å². The molecular weight excluding hydrogens is 302 g/mol. The molecule has 0 N–H and O–H groups in total. The number of ether oxygens (including phenoxy) is 1. The Labute approximate surface area is 126 Å². The molecule has 0 radical (unpaired) electrons. The van der Waals surface area contributed by atoms with Gasteiger partial charge >= 0.3 is 0 Å². The average Bonchev–Trinajstić information content (AvgIpc) is 2.38. The highest BCUT2D eigenvalue weighted by atomic mass is 79.9. The summed E-state index contributed by atoms with van der Waals surface area (Å²) in [7, 11) is 1.74. The molecule has 2 nitrogen and oxygen atoms in total. The molecule has 108 valence electrons. The molecule has 0 aromatic heterocycles. The molecule has 0 spiro atoms. The van der Waals surface area contributed by atoms with Crippen LogP contribution in [0.1, 0.15) is 45.6 Å². The molecule has 0 aliphatic rings. The van der Waals surface area contributed by atoms with Crippen molar-refractivity contribution in [3.05, 3.63) is 28.2 Å². The lowest BCUT2D eigenvalue weighted by Crippen LogP contribution is -2.31. The Morgan fingerprint density at radius 2 is 2.00 bits per heavy atom. The quantitative estimate of drug-likeness (QED) is 0.632. The number of methoxy groups -OCH3 is 1. The summed E-state index contributed by atoms with van der Waals surface area (Å²) in [4.78, 5) is 2.51. The van der Waals surface area contributed by atoms with Crippen LogP contribution in [-0.4, -0.2) is 24.6 Å². The topological polar surface area (TPSA) is 12.5 Å². The second kappa shape index (κ2) is 8.60. The lowest BCUT2D eigenvalue weighted by molar-refractivity contribution is 0.206. The van der Waals surface area contributed by atoms with E-state index in [1.165, 1.54) is 24.8 Å². The van der Waals surface area contributed by atoms with Gasteiger partial charge < -0.3 is 4.74 Å². The average molecular weight is 328 g/mol. The van der Waals surface area contributed by atoms with Gasteiger partial charge in [0.15, 0.2) is 0 Å². The summed E-state index contributed by atoms with van der Waals surface area (Å²) < 4.78 is 6.57. The fourth-order valence-corrected chi connectivity index (χ4v) is 2.58. The highest BCUT2D eigenvalue weighted by Gasteiger charge is 2.13. The van der Waals surface area contributed by atoms with Crippen molar-refractivity contribution < 1.29 is 4.74 Å². The molecule has 0 atom stereocenters. The molecule has 0 bridgehead atoms. The summed E-state index contributed by atoms with van der Waals surface area (Å²) in [5.41, 5.74) is 1.25. The number of unbranched alkanes of at least 4 members (excludes halogenated alkanes) is 2. The van der Waals surface area contributed by atoms with Gasteiger partial charge in [0.25, 0.3) is 0 Å². The van der Waals surface area contributed by atoms with Crippen molar-refractivity contribution in [2.24, 2.45) is 0 Å². The molecule has 19 heavy (non-hydrogen) atoms. The van der Waals surface area contributed by atoms with Gasteiger partial charge in [0.05, 0.1) is 7.11 Å². The maximum absolute atomic E-state index is 5.46. The molecule has 3 heteroatoms. The Hall–Kier alpha value is -0.540. The predicted octanol–water partition coefficient (Wildman–Crippen LogP) is 4.86. The first-order valence-corrected chi connectivity index (χ1v) is 7.94. The summed E-state index contributed by atoms with van der Waals surface area (Å²) in [5, 5.41) is 0. The van der Waals surface area contributed by atoms with Crippen LogP contribution in [0.4, 0.5) is 0 Å². The van der Waals surface area contributed by atoms with Crippen LogP contribution in [0.15, 0.2) is 22.7 Å². The van der Waals surface area contributed by atoms with E-state index in [2.05, 4.69) is 47.7 Å². The number of rotatable bonds is 8. The molecule has 1 aromatic carbocycles. The lowest BCUT2D eigenvalue weighted by atomic mass is 10.1. The van der Waals surface area contributed by atoms with Gasteiger partial charge in [-0.25, -0.2) is 0 Å². The van der Waals surface area contributed by atoms with Crippen molar-refractivity contribution in [2.75, 3.05) is 13.7 Å². The summed E-state index contributed by atoms with van der Waals surface area (Å²) in [6.07, 6.45) is 3.84. The van der Waals surface area contributed by atoms with Crippen LogP contribution in [-0.2, 0) is 6.54 Å². The molecule has 0 amide bonds. The van der Waals surface area contributed by atoms with Crippen LogP contribution in [0.5, 0.6) is 5.75 Å². The Morgan fingerprint density at radius 3 is 2.58 bits per heavy atom. The van der Waals surface area contributed by atoms with E-state index in [4.69, 9.17) is 4.74 Å². The van der Waals surface area contributed by atoms with Gasteiger partial charge in [-0.05, 0) is 45.0 Å². The molecule has 0 heterocycles. The van der Waals surface area contributed by atoms with Crippen molar-refractivity contribution >= 4 is 15.9 Å². The Kier molecular flexibility index (Phi) is 7.47. The maximum Gasteiger partial charge on any atom is 0.123 e. The van der Waals surface area contributed by atoms with E-state index >= 15 is 0 Å². The third kappa shape index (κ3) is 5.53. The van der Waals surface area contributed by atoms with Crippen LogP contribution in [0.3, 0.4) is 0 Å². The first-order chi connectivity index (χ1) is 9.08. The minimum Gasteiger partial charge on any atom is -0.496 e. The second-order valence-corrected chi connectivity index (χ2v) is 6.14. The third-order valence-electron chi connectivity index (χ3n) is 3.40. The van der Waals surface area contributed by atoms with Crippen LogP contribution in [0.25, 0.3) is 0 Å². The Balaban J connectivity index is 2.75. The molecule has 1 aromatic rings. The van der Waals surface area contributed by atoms with Gasteiger partial charge in [0.2, 0.25) is 0 Å². The zero-order valence-corrected chi connectivity index (χ0v) is 14.2. The Bertz CT molecular complexity index is 379. The lowest BCUT2D eigenvalue weighted by Gasteiger charge is -2.27. The van der Waals surface area contributed by atoms with Crippen molar-refractivity contribution in [3.63, 3.8) is 0 Å². The van der Waals surface area contributed by atoms with Crippen molar-refractivity contribution in [1.29, 1.82) is 0 Å². The maximum atomic E-state index is 5.46. The van der Waals surface area contributed by atoms with Gasteiger partial charge in [-0.15, -0.1) is 0 Å². The van der Waals surface area contributed by atoms with Gasteiger partial charge in [0.1, 0.15) is 5.75 Å². The molecule has 0 saturated carbocycles. The summed E-state index contributed by atoms with van der Waals surface area (Å²) in [5.74, 6) is 0.976. The summed E-state index contributed by atoms with van der Waals surface area (Å²) in [6, 6.07) is 6.78. The summed E-state index contributed by atoms with van der Waals surface area (Å²) in [6.45, 7) is 8.87. The number of nitrogens with zero attached hydrogens (tertiary/aromatic N) is 1. The third-order valence-corrected chi connectivity index (χ3v) is 3.89. The van der Waals surface area contributed by atoms with Gasteiger partial charge in [-0.3, -0.25) is 4.90 Å². The van der Waals surface area contributed by atoms with E-state index in [0.717, 1.165) is 23.3 Å². The largest absolute Gasteiger partial charge is 0.496 e. The minimum absolute atomic E-state index is 0.556. The first kappa shape index (κ1) is 16.5. The monoisotopic (exact) mass is 327 g/mol. The number of hydrogen-bond donors (Lipinski definition) is 0. The zero-order chi connectivity index (χ0) is 14.3. The molecule has 1 rings (SSSR count). The van der Waals surface area contributed by atoms with Gasteiger partial charge in [-0.2, -0.15) is 0 Å². The van der Waals surface area contributed by atoms with Crippen LogP contribution in [0, 0.1) is 0 Å². The second-order valence-electron chi connectivity index (χ2n) is 5.23. The number of hydrogen-bond acceptors (Lipinski definition) is 2. The number of benzene rings is 1. The van der Waals surface area contributed by atoms with Crippen LogP contribution in [0.2, 0.25) is 0 Å². The van der Waals surface area contributed by atoms with E-state index in [1.807, 2.05) is 12.1 Å².